The Bertz CT molecular complexity index is 1160. The Kier molecular flexibility index (Phi) is 3.88. The van der Waals surface area contributed by atoms with Crippen molar-refractivity contribution in [2.45, 2.75) is 25.7 Å². The molecular weight excluding hydrogens is 378 g/mol. The van der Waals surface area contributed by atoms with Crippen LogP contribution in [0.15, 0.2) is 48.5 Å². The maximum Gasteiger partial charge on any atom is 0.211 e. The zero-order valence-corrected chi connectivity index (χ0v) is 16.2. The van der Waals surface area contributed by atoms with E-state index in [0.29, 0.717) is 11.4 Å². The van der Waals surface area contributed by atoms with Crippen molar-refractivity contribution in [1.82, 2.24) is 14.8 Å². The first-order valence-electron chi connectivity index (χ1n) is 8.83. The van der Waals surface area contributed by atoms with Gasteiger partial charge < -0.3 is 0 Å². The van der Waals surface area contributed by atoms with Gasteiger partial charge in [0.15, 0.2) is 5.78 Å². The number of benzene rings is 2. The van der Waals surface area contributed by atoms with Gasteiger partial charge in [-0.15, -0.1) is 0 Å². The minimum absolute atomic E-state index is 0.105. The second kappa shape index (κ2) is 6.29. The Morgan fingerprint density at radius 1 is 1.15 bits per heavy atom. The van der Waals surface area contributed by atoms with Crippen LogP contribution in [-0.2, 0) is 6.42 Å². The molecule has 4 aromatic rings. The Hall–Kier alpha value is -2.50. The smallest absolute Gasteiger partial charge is 0.211 e. The molecule has 0 fully saturated rings. The van der Waals surface area contributed by atoms with Crippen LogP contribution in [0.2, 0.25) is 5.02 Å². The van der Waals surface area contributed by atoms with E-state index in [-0.39, 0.29) is 11.7 Å². The van der Waals surface area contributed by atoms with Gasteiger partial charge in [-0.05, 0) is 49.1 Å². The molecule has 0 aliphatic heterocycles. The van der Waals surface area contributed by atoms with Gasteiger partial charge in [0, 0.05) is 11.4 Å². The summed E-state index contributed by atoms with van der Waals surface area (Å²) in [5, 5.41) is 6.17. The van der Waals surface area contributed by atoms with E-state index in [0.717, 1.165) is 44.3 Å². The number of thiazole rings is 1. The molecule has 6 heteroatoms. The first kappa shape index (κ1) is 16.7. The van der Waals surface area contributed by atoms with E-state index < -0.39 is 0 Å². The van der Waals surface area contributed by atoms with Crippen molar-refractivity contribution >= 4 is 38.9 Å². The summed E-state index contributed by atoms with van der Waals surface area (Å²) in [5.41, 5.74) is 4.53. The van der Waals surface area contributed by atoms with E-state index in [1.807, 2.05) is 54.1 Å². The van der Waals surface area contributed by atoms with Crippen LogP contribution in [-0.4, -0.2) is 20.5 Å². The molecular formula is C21H16ClN3OS. The molecule has 1 unspecified atom stereocenters. The molecule has 0 N–H and O–H groups in total. The van der Waals surface area contributed by atoms with E-state index in [2.05, 4.69) is 11.2 Å². The van der Waals surface area contributed by atoms with Crippen LogP contribution in [0.1, 0.15) is 39.6 Å². The maximum atomic E-state index is 12.9. The number of fused-ring (bicyclic) bond motifs is 2. The number of halogens is 1. The lowest BCUT2D eigenvalue weighted by atomic mass is 9.81. The highest BCUT2D eigenvalue weighted by molar-refractivity contribution is 7.20. The highest BCUT2D eigenvalue weighted by Crippen LogP contribution is 2.37. The molecule has 0 radical (unpaired) electrons. The fourth-order valence-corrected chi connectivity index (χ4v) is 5.00. The highest BCUT2D eigenvalue weighted by Gasteiger charge is 2.32. The first-order valence-corrected chi connectivity index (χ1v) is 10.0. The van der Waals surface area contributed by atoms with Gasteiger partial charge in [0.1, 0.15) is 0 Å². The third-order valence-corrected chi connectivity index (χ3v) is 6.34. The summed E-state index contributed by atoms with van der Waals surface area (Å²) in [6.07, 6.45) is 1.23. The molecule has 2 aromatic heterocycles. The van der Waals surface area contributed by atoms with Crippen LogP contribution < -0.4 is 0 Å². The van der Waals surface area contributed by atoms with E-state index >= 15 is 0 Å². The van der Waals surface area contributed by atoms with E-state index in [4.69, 9.17) is 16.6 Å². The van der Waals surface area contributed by atoms with Crippen LogP contribution in [0.5, 0.6) is 0 Å². The summed E-state index contributed by atoms with van der Waals surface area (Å²) in [7, 11) is 0. The van der Waals surface area contributed by atoms with Crippen molar-refractivity contribution in [3.63, 3.8) is 0 Å². The Morgan fingerprint density at radius 3 is 2.81 bits per heavy atom. The number of ketones is 1. The van der Waals surface area contributed by atoms with Gasteiger partial charge >= 0.3 is 0 Å². The topological polar surface area (TPSA) is 47.8 Å². The SMILES string of the molecule is Cc1nn(-c2nc3ccccc3s2)c2c1C(=O)CC(c1cccc(Cl)c1)C2. The third kappa shape index (κ3) is 2.78. The van der Waals surface area contributed by atoms with Crippen LogP contribution in [0.25, 0.3) is 15.3 Å². The molecule has 0 bridgehead atoms. The molecule has 2 aromatic carbocycles. The van der Waals surface area contributed by atoms with Crippen LogP contribution in [0, 0.1) is 6.92 Å². The number of hydrogen-bond acceptors (Lipinski definition) is 4. The number of carbonyl (C=O) groups excluding carboxylic acids is 1. The third-order valence-electron chi connectivity index (χ3n) is 5.09. The lowest BCUT2D eigenvalue weighted by molar-refractivity contribution is 0.0963. The predicted octanol–water partition coefficient (Wildman–Crippen LogP) is 5.36. The molecule has 5 rings (SSSR count). The molecule has 0 saturated carbocycles. The number of para-hydroxylation sites is 1. The fraction of sp³-hybridized carbons (Fsp3) is 0.190. The zero-order chi connectivity index (χ0) is 18.5. The number of aryl methyl sites for hydroxylation is 1. The lowest BCUT2D eigenvalue weighted by Crippen LogP contribution is -2.20. The van der Waals surface area contributed by atoms with Gasteiger partial charge in [-0.3, -0.25) is 4.79 Å². The van der Waals surface area contributed by atoms with Gasteiger partial charge in [-0.1, -0.05) is 47.2 Å². The van der Waals surface area contributed by atoms with Gasteiger partial charge in [0.05, 0.1) is 27.2 Å². The lowest BCUT2D eigenvalue weighted by Gasteiger charge is -2.22. The molecule has 134 valence electrons. The zero-order valence-electron chi connectivity index (χ0n) is 14.6. The van der Waals surface area contributed by atoms with E-state index in [1.54, 1.807) is 11.3 Å². The number of nitrogens with zero attached hydrogens (tertiary/aromatic N) is 3. The van der Waals surface area contributed by atoms with Gasteiger partial charge in [0.25, 0.3) is 0 Å². The Morgan fingerprint density at radius 2 is 2.00 bits per heavy atom. The van der Waals surface area contributed by atoms with Crippen molar-refractivity contribution in [3.05, 3.63) is 76.1 Å². The number of aromatic nitrogens is 3. The quantitative estimate of drug-likeness (QED) is 0.460. The van der Waals surface area contributed by atoms with Crippen LogP contribution >= 0.6 is 22.9 Å². The van der Waals surface area contributed by atoms with Gasteiger partial charge in [0.2, 0.25) is 5.13 Å². The predicted molar refractivity (Wildman–Crippen MR) is 108 cm³/mol. The van der Waals surface area contributed by atoms with Crippen molar-refractivity contribution in [1.29, 1.82) is 0 Å². The maximum absolute atomic E-state index is 12.9. The summed E-state index contributed by atoms with van der Waals surface area (Å²) in [6.45, 7) is 1.90. The normalized spacial score (nSPS) is 16.7. The van der Waals surface area contributed by atoms with Crippen LogP contribution in [0.3, 0.4) is 0 Å². The minimum atomic E-state index is 0.105. The molecule has 1 atom stereocenters. The Balaban J connectivity index is 1.62. The summed E-state index contributed by atoms with van der Waals surface area (Å²) >= 11 is 7.76. The van der Waals surface area contributed by atoms with E-state index in [9.17, 15) is 4.79 Å². The van der Waals surface area contributed by atoms with Crippen molar-refractivity contribution in [3.8, 4) is 5.13 Å². The monoisotopic (exact) mass is 393 g/mol. The van der Waals surface area contributed by atoms with Crippen LogP contribution in [0.4, 0.5) is 0 Å². The fourth-order valence-electron chi connectivity index (χ4n) is 3.86. The summed E-state index contributed by atoms with van der Waals surface area (Å²) in [6, 6.07) is 15.8. The largest absolute Gasteiger partial charge is 0.294 e. The average molecular weight is 394 g/mol. The average Bonchev–Trinajstić information content (AvgIpc) is 3.23. The standard InChI is InChI=1S/C21H16ClN3OS/c1-12-20-17(10-14(11-18(20)26)13-5-4-6-15(22)9-13)25(24-12)21-23-16-7-2-3-8-19(16)27-21/h2-9,14H,10-11H2,1H3. The van der Waals surface area contributed by atoms with Crippen molar-refractivity contribution < 1.29 is 4.79 Å². The number of Topliss-reactive ketones (excluding diaryl/α,β-unsaturated/α-hetero) is 1. The summed E-state index contributed by atoms with van der Waals surface area (Å²) in [4.78, 5) is 17.6. The molecule has 1 aliphatic carbocycles. The second-order valence-corrected chi connectivity index (χ2v) is 8.31. The molecule has 2 heterocycles. The number of rotatable bonds is 2. The molecule has 4 nitrogen and oxygen atoms in total. The second-order valence-electron chi connectivity index (χ2n) is 6.87. The summed E-state index contributed by atoms with van der Waals surface area (Å²) in [5.74, 6) is 0.249. The Labute approximate surface area is 165 Å². The molecule has 1 aliphatic rings. The minimum Gasteiger partial charge on any atom is -0.294 e. The van der Waals surface area contributed by atoms with Crippen molar-refractivity contribution in [2.24, 2.45) is 0 Å². The van der Waals surface area contributed by atoms with Gasteiger partial charge in [-0.2, -0.15) is 5.10 Å². The first-order chi connectivity index (χ1) is 13.1. The highest BCUT2D eigenvalue weighted by atomic mass is 35.5. The van der Waals surface area contributed by atoms with E-state index in [1.165, 1.54) is 0 Å². The van der Waals surface area contributed by atoms with Gasteiger partial charge in [-0.25, -0.2) is 9.67 Å². The summed E-state index contributed by atoms with van der Waals surface area (Å²) < 4.78 is 2.98. The molecule has 0 saturated heterocycles. The molecule has 0 amide bonds. The number of hydrogen-bond donors (Lipinski definition) is 0. The molecule has 0 spiro atoms. The molecule has 27 heavy (non-hydrogen) atoms. The van der Waals surface area contributed by atoms with Crippen molar-refractivity contribution in [2.75, 3.05) is 0 Å². The number of carbonyl (C=O) groups is 1.